The van der Waals surface area contributed by atoms with Gasteiger partial charge in [0.15, 0.2) is 0 Å². The Morgan fingerprint density at radius 1 is 0.914 bits per heavy atom. The van der Waals surface area contributed by atoms with Crippen LogP contribution in [-0.4, -0.2) is 74.3 Å². The monoisotopic (exact) mass is 476 g/mol. The van der Waals surface area contributed by atoms with Crippen LogP contribution < -0.4 is 9.64 Å². The van der Waals surface area contributed by atoms with E-state index >= 15 is 0 Å². The van der Waals surface area contributed by atoms with Gasteiger partial charge in [-0.3, -0.25) is 9.80 Å². The molecular weight excluding hydrogens is 439 g/mol. The summed E-state index contributed by atoms with van der Waals surface area (Å²) in [5.74, 6) is 0.780. The summed E-state index contributed by atoms with van der Waals surface area (Å²) in [7, 11) is 1.75. The van der Waals surface area contributed by atoms with Gasteiger partial charge in [-0.25, -0.2) is 4.39 Å². The van der Waals surface area contributed by atoms with Gasteiger partial charge < -0.3 is 14.6 Å². The fourth-order valence-corrected chi connectivity index (χ4v) is 5.47. The third kappa shape index (κ3) is 5.71. The summed E-state index contributed by atoms with van der Waals surface area (Å²) in [6.07, 6.45) is 9.26. The number of para-hydroxylation sites is 2. The Kier molecular flexibility index (Phi) is 7.69. The second-order valence-corrected chi connectivity index (χ2v) is 9.73. The predicted octanol–water partition coefficient (Wildman–Crippen LogP) is 5.40. The van der Waals surface area contributed by atoms with Gasteiger partial charge in [0, 0.05) is 61.9 Å². The number of benzene rings is 2. The lowest BCUT2D eigenvalue weighted by molar-refractivity contribution is 0.245. The van der Waals surface area contributed by atoms with E-state index in [9.17, 15) is 4.39 Å². The van der Waals surface area contributed by atoms with Gasteiger partial charge in [-0.2, -0.15) is 0 Å². The number of piperazine rings is 1. The number of anilines is 1. The van der Waals surface area contributed by atoms with Crippen LogP contribution in [0.25, 0.3) is 16.5 Å². The predicted molar refractivity (Wildman–Crippen MR) is 143 cm³/mol. The molecule has 0 spiro atoms. The van der Waals surface area contributed by atoms with Gasteiger partial charge in [-0.15, -0.1) is 0 Å². The molecule has 6 heteroatoms. The van der Waals surface area contributed by atoms with Crippen molar-refractivity contribution in [2.75, 3.05) is 64.4 Å². The topological polar surface area (TPSA) is 34.7 Å². The van der Waals surface area contributed by atoms with Gasteiger partial charge in [0.25, 0.3) is 0 Å². The fourth-order valence-electron chi connectivity index (χ4n) is 5.47. The zero-order chi connectivity index (χ0) is 24.0. The van der Waals surface area contributed by atoms with Crippen LogP contribution in [0, 0.1) is 5.82 Å². The standard InChI is InChI=1S/C29H37FN4O/c1-35-29-8-4-3-7-28(29)34-19-17-33(18-20-34)14-6-2-5-13-32-15-11-23(12-16-32)26-22-31-27-21-24(30)9-10-25(26)27/h3-4,7-11,21-22,31H,2,5-6,12-20H2,1H3. The van der Waals surface area contributed by atoms with E-state index in [1.165, 1.54) is 49.2 Å². The maximum atomic E-state index is 13.5. The summed E-state index contributed by atoms with van der Waals surface area (Å²) in [5.41, 5.74) is 4.70. The first-order valence-electron chi connectivity index (χ1n) is 13.0. The van der Waals surface area contributed by atoms with Crippen LogP contribution in [0.2, 0.25) is 0 Å². The molecule has 1 N–H and O–H groups in total. The van der Waals surface area contributed by atoms with Gasteiger partial charge in [-0.1, -0.05) is 24.6 Å². The van der Waals surface area contributed by atoms with Crippen molar-refractivity contribution in [3.05, 3.63) is 66.1 Å². The second kappa shape index (κ2) is 11.3. The van der Waals surface area contributed by atoms with Gasteiger partial charge in [0.2, 0.25) is 0 Å². The molecule has 0 aliphatic carbocycles. The number of H-pyrrole nitrogens is 1. The van der Waals surface area contributed by atoms with E-state index in [1.807, 2.05) is 24.4 Å². The van der Waals surface area contributed by atoms with Crippen molar-refractivity contribution in [2.24, 2.45) is 0 Å². The highest BCUT2D eigenvalue weighted by Gasteiger charge is 2.19. The summed E-state index contributed by atoms with van der Waals surface area (Å²) in [6, 6.07) is 13.4. The van der Waals surface area contributed by atoms with E-state index in [4.69, 9.17) is 4.74 Å². The molecule has 0 bridgehead atoms. The quantitative estimate of drug-likeness (QED) is 0.420. The average molecular weight is 477 g/mol. The summed E-state index contributed by atoms with van der Waals surface area (Å²) >= 11 is 0. The number of hydrogen-bond acceptors (Lipinski definition) is 4. The van der Waals surface area contributed by atoms with Crippen molar-refractivity contribution in [1.29, 1.82) is 0 Å². The molecule has 5 nitrogen and oxygen atoms in total. The smallest absolute Gasteiger partial charge is 0.142 e. The summed E-state index contributed by atoms with van der Waals surface area (Å²) in [4.78, 5) is 10.8. The molecule has 2 aliphatic rings. The number of rotatable bonds is 9. The SMILES string of the molecule is COc1ccccc1N1CCN(CCCCCN2CC=C(c3c[nH]c4cc(F)ccc34)CC2)CC1. The molecular formula is C29H37FN4O. The first kappa shape index (κ1) is 23.9. The van der Waals surface area contributed by atoms with Crippen LogP contribution in [-0.2, 0) is 0 Å². The first-order valence-corrected chi connectivity index (χ1v) is 13.0. The van der Waals surface area contributed by atoms with Crippen molar-refractivity contribution >= 4 is 22.2 Å². The van der Waals surface area contributed by atoms with E-state index in [-0.39, 0.29) is 5.82 Å². The fraction of sp³-hybridized carbons (Fsp3) is 0.448. The Hall–Kier alpha value is -2.83. The van der Waals surface area contributed by atoms with Crippen molar-refractivity contribution < 1.29 is 9.13 Å². The molecule has 0 radical (unpaired) electrons. The lowest BCUT2D eigenvalue weighted by Gasteiger charge is -2.36. The Morgan fingerprint density at radius 3 is 2.49 bits per heavy atom. The Bertz CT molecular complexity index is 1150. The number of halogens is 1. The van der Waals surface area contributed by atoms with Gasteiger partial charge in [0.1, 0.15) is 11.6 Å². The molecule has 1 fully saturated rings. The van der Waals surface area contributed by atoms with E-state index < -0.39 is 0 Å². The third-order valence-corrected chi connectivity index (χ3v) is 7.53. The Balaban J connectivity index is 0.997. The zero-order valence-corrected chi connectivity index (χ0v) is 20.8. The Labute approximate surface area is 208 Å². The molecule has 0 saturated carbocycles. The summed E-state index contributed by atoms with van der Waals surface area (Å²) < 4.78 is 19.0. The Morgan fingerprint density at radius 2 is 1.71 bits per heavy atom. The molecule has 2 aliphatic heterocycles. The third-order valence-electron chi connectivity index (χ3n) is 7.53. The molecule has 0 unspecified atom stereocenters. The van der Waals surface area contributed by atoms with Crippen LogP contribution in [0.3, 0.4) is 0 Å². The van der Waals surface area contributed by atoms with Crippen molar-refractivity contribution in [1.82, 2.24) is 14.8 Å². The second-order valence-electron chi connectivity index (χ2n) is 9.73. The largest absolute Gasteiger partial charge is 0.495 e. The number of aromatic amines is 1. The molecule has 0 amide bonds. The van der Waals surface area contributed by atoms with E-state index in [1.54, 1.807) is 19.2 Å². The van der Waals surface area contributed by atoms with Gasteiger partial charge >= 0.3 is 0 Å². The van der Waals surface area contributed by atoms with Crippen LogP contribution in [0.1, 0.15) is 31.2 Å². The van der Waals surface area contributed by atoms with Crippen molar-refractivity contribution in [2.45, 2.75) is 25.7 Å². The lowest BCUT2D eigenvalue weighted by Crippen LogP contribution is -2.46. The van der Waals surface area contributed by atoms with Gasteiger partial charge in [0.05, 0.1) is 12.8 Å². The van der Waals surface area contributed by atoms with Crippen LogP contribution >= 0.6 is 0 Å². The molecule has 1 aromatic heterocycles. The highest BCUT2D eigenvalue weighted by Crippen LogP contribution is 2.30. The maximum absolute atomic E-state index is 13.5. The highest BCUT2D eigenvalue weighted by atomic mass is 19.1. The number of hydrogen-bond donors (Lipinski definition) is 1. The molecule has 3 aromatic rings. The number of aromatic nitrogens is 1. The van der Waals surface area contributed by atoms with Crippen molar-refractivity contribution in [3.8, 4) is 5.75 Å². The number of ether oxygens (including phenoxy) is 1. The molecule has 35 heavy (non-hydrogen) atoms. The minimum absolute atomic E-state index is 0.190. The number of methoxy groups -OCH3 is 1. The molecule has 5 rings (SSSR count). The van der Waals surface area contributed by atoms with Crippen LogP contribution in [0.5, 0.6) is 5.75 Å². The van der Waals surface area contributed by atoms with E-state index in [2.05, 4.69) is 37.9 Å². The molecule has 1 saturated heterocycles. The number of nitrogens with zero attached hydrogens (tertiary/aromatic N) is 3. The highest BCUT2D eigenvalue weighted by molar-refractivity contribution is 5.92. The van der Waals surface area contributed by atoms with E-state index in [0.29, 0.717) is 0 Å². The molecule has 3 heterocycles. The molecule has 2 aromatic carbocycles. The minimum atomic E-state index is -0.190. The van der Waals surface area contributed by atoms with Crippen LogP contribution in [0.15, 0.2) is 54.7 Å². The maximum Gasteiger partial charge on any atom is 0.142 e. The van der Waals surface area contributed by atoms with Crippen LogP contribution in [0.4, 0.5) is 10.1 Å². The molecule has 186 valence electrons. The van der Waals surface area contributed by atoms with Gasteiger partial charge in [-0.05, 0) is 68.3 Å². The van der Waals surface area contributed by atoms with E-state index in [0.717, 1.165) is 62.3 Å². The summed E-state index contributed by atoms with van der Waals surface area (Å²) in [5, 5.41) is 1.12. The zero-order valence-electron chi connectivity index (χ0n) is 20.8. The minimum Gasteiger partial charge on any atom is -0.495 e. The first-order chi connectivity index (χ1) is 17.2. The number of nitrogens with one attached hydrogen (secondary N) is 1. The average Bonchev–Trinajstić information content (AvgIpc) is 3.32. The number of unbranched alkanes of at least 4 members (excludes halogenated alkanes) is 2. The lowest BCUT2D eigenvalue weighted by atomic mass is 9.98. The molecule has 0 atom stereocenters. The summed E-state index contributed by atoms with van der Waals surface area (Å²) in [6.45, 7) is 8.85. The number of fused-ring (bicyclic) bond motifs is 1. The normalized spacial score (nSPS) is 17.7. The van der Waals surface area contributed by atoms with Crippen molar-refractivity contribution in [3.63, 3.8) is 0 Å².